The average molecular weight is 525 g/mol. The summed E-state index contributed by atoms with van der Waals surface area (Å²) in [5.74, 6) is 0.874. The van der Waals surface area contributed by atoms with Gasteiger partial charge in [0.05, 0.1) is 33.0 Å². The van der Waals surface area contributed by atoms with Gasteiger partial charge in [-0.05, 0) is 36.2 Å². The highest BCUT2D eigenvalue weighted by Crippen LogP contribution is 2.17. The summed E-state index contributed by atoms with van der Waals surface area (Å²) in [6, 6.07) is 17.1. The first-order chi connectivity index (χ1) is 18.7. The predicted octanol–water partition coefficient (Wildman–Crippen LogP) is 1.40. The second kappa shape index (κ2) is 16.8. The van der Waals surface area contributed by atoms with Crippen molar-refractivity contribution in [1.82, 2.24) is 20.3 Å². The maximum Gasteiger partial charge on any atom is 0.251 e. The van der Waals surface area contributed by atoms with Gasteiger partial charge in [-0.25, -0.2) is 0 Å². The number of rotatable bonds is 18. The molecule has 0 saturated heterocycles. The normalized spacial score (nSPS) is 10.7. The summed E-state index contributed by atoms with van der Waals surface area (Å²) in [7, 11) is 0. The number of carbonyl (C=O) groups is 1. The number of nitrogens with two attached hydrogens (primary N) is 1. The molecule has 204 valence electrons. The summed E-state index contributed by atoms with van der Waals surface area (Å²) in [6.45, 7) is 3.61. The van der Waals surface area contributed by atoms with Crippen molar-refractivity contribution < 1.29 is 19.4 Å². The lowest BCUT2D eigenvalue weighted by molar-refractivity contribution is 0.0511. The monoisotopic (exact) mass is 524 g/mol. The molecule has 0 aliphatic rings. The topological polar surface area (TPSA) is 169 Å². The fourth-order valence-electron chi connectivity index (χ4n) is 3.30. The van der Waals surface area contributed by atoms with Crippen LogP contribution < -0.4 is 27.0 Å². The number of nitrogens with zero attached hydrogens (tertiary/aromatic N) is 3. The van der Waals surface area contributed by atoms with Gasteiger partial charge >= 0.3 is 0 Å². The molecule has 0 radical (unpaired) electrons. The zero-order chi connectivity index (χ0) is 26.8. The Morgan fingerprint density at radius 3 is 2.13 bits per heavy atom. The minimum atomic E-state index is -0.194. The summed E-state index contributed by atoms with van der Waals surface area (Å²) >= 11 is 0. The molecular formula is C26H36N8O4. The number of amides is 1. The molecule has 2 aromatic carbocycles. The maximum absolute atomic E-state index is 12.4. The van der Waals surface area contributed by atoms with Crippen molar-refractivity contribution in [2.75, 3.05) is 75.2 Å². The average Bonchev–Trinajstić information content (AvgIpc) is 2.94. The van der Waals surface area contributed by atoms with Gasteiger partial charge in [-0.1, -0.05) is 30.3 Å². The Kier molecular flexibility index (Phi) is 12.7. The molecule has 0 bridgehead atoms. The van der Waals surface area contributed by atoms with Crippen molar-refractivity contribution in [3.63, 3.8) is 0 Å². The molecule has 1 amide bonds. The second-order valence-corrected chi connectivity index (χ2v) is 8.09. The highest BCUT2D eigenvalue weighted by Gasteiger charge is 2.09. The van der Waals surface area contributed by atoms with E-state index in [-0.39, 0.29) is 12.5 Å². The Morgan fingerprint density at radius 1 is 0.789 bits per heavy atom. The summed E-state index contributed by atoms with van der Waals surface area (Å²) in [5.41, 5.74) is 7.78. The van der Waals surface area contributed by atoms with Crippen molar-refractivity contribution in [2.45, 2.75) is 6.42 Å². The van der Waals surface area contributed by atoms with Crippen molar-refractivity contribution in [3.8, 4) is 0 Å². The van der Waals surface area contributed by atoms with Crippen LogP contribution in [0.1, 0.15) is 15.9 Å². The number of carbonyl (C=O) groups excluding carboxylic acids is 1. The smallest absolute Gasteiger partial charge is 0.251 e. The van der Waals surface area contributed by atoms with Gasteiger partial charge in [0, 0.05) is 37.4 Å². The lowest BCUT2D eigenvalue weighted by Crippen LogP contribution is -2.27. The number of aliphatic hydroxyl groups is 1. The Hall–Kier alpha value is -3.84. The Balaban J connectivity index is 1.51. The van der Waals surface area contributed by atoms with Gasteiger partial charge in [0.15, 0.2) is 0 Å². The first-order valence-electron chi connectivity index (χ1n) is 12.6. The van der Waals surface area contributed by atoms with Crippen LogP contribution in [0.25, 0.3) is 0 Å². The van der Waals surface area contributed by atoms with E-state index in [1.807, 2.05) is 18.2 Å². The molecule has 0 spiro atoms. The van der Waals surface area contributed by atoms with Crippen LogP contribution in [0.2, 0.25) is 0 Å². The molecule has 1 aromatic heterocycles. The fraction of sp³-hybridized carbons (Fsp3) is 0.385. The molecule has 38 heavy (non-hydrogen) atoms. The van der Waals surface area contributed by atoms with E-state index in [0.29, 0.717) is 81.7 Å². The number of benzene rings is 2. The van der Waals surface area contributed by atoms with Crippen molar-refractivity contribution in [3.05, 3.63) is 65.7 Å². The summed E-state index contributed by atoms with van der Waals surface area (Å²) in [6.07, 6.45) is 0.813. The highest BCUT2D eigenvalue weighted by atomic mass is 16.5. The Labute approximate surface area is 222 Å². The van der Waals surface area contributed by atoms with E-state index >= 15 is 0 Å². The van der Waals surface area contributed by atoms with Crippen molar-refractivity contribution in [1.29, 1.82) is 0 Å². The second-order valence-electron chi connectivity index (χ2n) is 8.09. The van der Waals surface area contributed by atoms with Gasteiger partial charge < -0.3 is 41.6 Å². The molecule has 3 rings (SSSR count). The minimum absolute atomic E-state index is 0.0515. The van der Waals surface area contributed by atoms with Crippen LogP contribution in [0.5, 0.6) is 0 Å². The lowest BCUT2D eigenvalue weighted by Gasteiger charge is -2.11. The van der Waals surface area contributed by atoms with E-state index in [0.717, 1.165) is 6.42 Å². The van der Waals surface area contributed by atoms with Crippen LogP contribution in [0, 0.1) is 0 Å². The van der Waals surface area contributed by atoms with Gasteiger partial charge in [-0.15, -0.1) is 0 Å². The third kappa shape index (κ3) is 10.6. The summed E-state index contributed by atoms with van der Waals surface area (Å²) in [5, 5.41) is 21.3. The number of aliphatic hydroxyl groups excluding tert-OH is 1. The van der Waals surface area contributed by atoms with E-state index in [1.165, 1.54) is 5.56 Å². The van der Waals surface area contributed by atoms with Gasteiger partial charge in [0.2, 0.25) is 17.8 Å². The number of hydrogen-bond acceptors (Lipinski definition) is 11. The van der Waals surface area contributed by atoms with Gasteiger partial charge in [0.25, 0.3) is 5.91 Å². The molecule has 0 aliphatic heterocycles. The molecule has 0 atom stereocenters. The largest absolute Gasteiger partial charge is 0.395 e. The van der Waals surface area contributed by atoms with E-state index in [2.05, 4.69) is 48.4 Å². The number of anilines is 4. The number of ether oxygens (including phenoxy) is 2. The number of nitrogens with one attached hydrogen (secondary N) is 4. The molecule has 3 aromatic rings. The first kappa shape index (κ1) is 28.7. The molecule has 0 unspecified atom stereocenters. The standard InChI is InChI=1S/C26H36N8O4/c27-11-16-37-18-19-38-17-14-28-23(36)21-6-8-22(9-7-21)31-26-33-24(32-25(34-26)30-13-15-35)29-12-10-20-4-2-1-3-5-20/h1-9,35H,10-19,27H2,(H,28,36)(H3,29,30,31,32,33,34). The van der Waals surface area contributed by atoms with Crippen LogP contribution in [0.3, 0.4) is 0 Å². The van der Waals surface area contributed by atoms with Gasteiger partial charge in [-0.3, -0.25) is 4.79 Å². The third-order valence-electron chi connectivity index (χ3n) is 5.14. The molecule has 7 N–H and O–H groups in total. The van der Waals surface area contributed by atoms with E-state index in [1.54, 1.807) is 24.3 Å². The fourth-order valence-corrected chi connectivity index (χ4v) is 3.30. The highest BCUT2D eigenvalue weighted by molar-refractivity contribution is 5.94. The van der Waals surface area contributed by atoms with E-state index in [4.69, 9.17) is 20.3 Å². The summed E-state index contributed by atoms with van der Waals surface area (Å²) < 4.78 is 10.6. The maximum atomic E-state index is 12.4. The van der Waals surface area contributed by atoms with Crippen LogP contribution in [0.4, 0.5) is 23.5 Å². The molecule has 12 nitrogen and oxygen atoms in total. The van der Waals surface area contributed by atoms with E-state index in [9.17, 15) is 4.79 Å². The lowest BCUT2D eigenvalue weighted by atomic mass is 10.1. The number of hydrogen-bond donors (Lipinski definition) is 6. The Morgan fingerprint density at radius 2 is 1.45 bits per heavy atom. The molecule has 12 heteroatoms. The summed E-state index contributed by atoms with van der Waals surface area (Å²) in [4.78, 5) is 25.6. The van der Waals surface area contributed by atoms with Crippen LogP contribution in [0.15, 0.2) is 54.6 Å². The Bertz CT molecular complexity index is 1090. The third-order valence-corrected chi connectivity index (χ3v) is 5.14. The molecule has 0 saturated carbocycles. The quantitative estimate of drug-likeness (QED) is 0.133. The SMILES string of the molecule is NCCOCCOCCNC(=O)c1ccc(Nc2nc(NCCO)nc(NCCc3ccccc3)n2)cc1. The van der Waals surface area contributed by atoms with Gasteiger partial charge in [-0.2, -0.15) is 15.0 Å². The minimum Gasteiger partial charge on any atom is -0.395 e. The van der Waals surface area contributed by atoms with Crippen LogP contribution in [-0.4, -0.2) is 85.2 Å². The molecular weight excluding hydrogens is 488 g/mol. The van der Waals surface area contributed by atoms with Gasteiger partial charge in [0.1, 0.15) is 0 Å². The van der Waals surface area contributed by atoms with Crippen molar-refractivity contribution in [2.24, 2.45) is 5.73 Å². The van der Waals surface area contributed by atoms with E-state index < -0.39 is 0 Å². The zero-order valence-electron chi connectivity index (χ0n) is 21.4. The first-order valence-corrected chi connectivity index (χ1v) is 12.6. The zero-order valence-corrected chi connectivity index (χ0v) is 21.4. The predicted molar refractivity (Wildman–Crippen MR) is 147 cm³/mol. The number of aromatic nitrogens is 3. The van der Waals surface area contributed by atoms with Crippen LogP contribution >= 0.6 is 0 Å². The molecule has 0 aliphatic carbocycles. The van der Waals surface area contributed by atoms with Crippen molar-refractivity contribution >= 4 is 29.4 Å². The molecule has 0 fully saturated rings. The van der Waals surface area contributed by atoms with Crippen LogP contribution in [-0.2, 0) is 15.9 Å². The molecule has 1 heterocycles.